The molecule has 0 fully saturated rings. The van der Waals surface area contributed by atoms with E-state index in [2.05, 4.69) is 27.8 Å². The second-order valence-electron chi connectivity index (χ2n) is 5.16. The van der Waals surface area contributed by atoms with Gasteiger partial charge in [0.2, 0.25) is 0 Å². The molecule has 0 heterocycles. The van der Waals surface area contributed by atoms with Gasteiger partial charge in [0.1, 0.15) is 12.4 Å². The molecule has 0 saturated carbocycles. The van der Waals surface area contributed by atoms with Crippen LogP contribution in [-0.4, -0.2) is 13.2 Å². The fourth-order valence-electron chi connectivity index (χ4n) is 2.14. The molecule has 2 aromatic carbocycles. The summed E-state index contributed by atoms with van der Waals surface area (Å²) in [5.41, 5.74) is 1.97. The normalized spacial score (nSPS) is 10.5. The lowest BCUT2D eigenvalue weighted by molar-refractivity contribution is 0.268. The van der Waals surface area contributed by atoms with Crippen LogP contribution < -0.4 is 14.8 Å². The SMILES string of the molecule is C=CCNCc1cc(OCC)c(OCc2ccc(F)cc2)cc1Br. The third-order valence-corrected chi connectivity index (χ3v) is 4.06. The molecule has 0 amide bonds. The molecule has 0 saturated heterocycles. The second-order valence-corrected chi connectivity index (χ2v) is 6.01. The molecule has 0 radical (unpaired) electrons. The Labute approximate surface area is 150 Å². The molecule has 0 aromatic heterocycles. The van der Waals surface area contributed by atoms with Crippen LogP contribution in [0, 0.1) is 5.82 Å². The summed E-state index contributed by atoms with van der Waals surface area (Å²) in [5.74, 6) is 1.09. The van der Waals surface area contributed by atoms with Crippen molar-refractivity contribution < 1.29 is 13.9 Å². The third kappa shape index (κ3) is 5.35. The number of hydrogen-bond acceptors (Lipinski definition) is 3. The topological polar surface area (TPSA) is 30.5 Å². The van der Waals surface area contributed by atoms with Gasteiger partial charge in [0, 0.05) is 17.6 Å². The highest BCUT2D eigenvalue weighted by Crippen LogP contribution is 2.34. The number of halogens is 2. The summed E-state index contributed by atoms with van der Waals surface area (Å²) in [6, 6.07) is 10.1. The van der Waals surface area contributed by atoms with Gasteiger partial charge in [-0.05, 0) is 42.3 Å². The van der Waals surface area contributed by atoms with Crippen molar-refractivity contribution in [2.75, 3.05) is 13.2 Å². The smallest absolute Gasteiger partial charge is 0.162 e. The van der Waals surface area contributed by atoms with Crippen molar-refractivity contribution >= 4 is 15.9 Å². The number of rotatable bonds is 9. The van der Waals surface area contributed by atoms with Crippen molar-refractivity contribution in [3.63, 3.8) is 0 Å². The lowest BCUT2D eigenvalue weighted by atomic mass is 10.2. The summed E-state index contributed by atoms with van der Waals surface area (Å²) in [5, 5.41) is 3.26. The molecule has 1 N–H and O–H groups in total. The van der Waals surface area contributed by atoms with E-state index in [0.717, 1.165) is 22.1 Å². The molecular weight excluding hydrogens is 373 g/mol. The zero-order valence-electron chi connectivity index (χ0n) is 13.6. The van der Waals surface area contributed by atoms with Crippen molar-refractivity contribution in [1.29, 1.82) is 0 Å². The minimum Gasteiger partial charge on any atom is -0.490 e. The summed E-state index contributed by atoms with van der Waals surface area (Å²) in [6.45, 7) is 7.96. The van der Waals surface area contributed by atoms with Crippen LogP contribution in [0.2, 0.25) is 0 Å². The Bertz CT molecular complexity index is 674. The van der Waals surface area contributed by atoms with E-state index in [1.807, 2.05) is 25.1 Å². The summed E-state index contributed by atoms with van der Waals surface area (Å²) < 4.78 is 25.5. The van der Waals surface area contributed by atoms with Crippen LogP contribution in [0.25, 0.3) is 0 Å². The molecule has 2 rings (SSSR count). The molecule has 0 bridgehead atoms. The Morgan fingerprint density at radius 3 is 2.54 bits per heavy atom. The van der Waals surface area contributed by atoms with Gasteiger partial charge in [-0.1, -0.05) is 34.1 Å². The Balaban J connectivity index is 2.13. The molecule has 5 heteroatoms. The van der Waals surface area contributed by atoms with Gasteiger partial charge in [-0.2, -0.15) is 0 Å². The van der Waals surface area contributed by atoms with Crippen molar-refractivity contribution in [1.82, 2.24) is 5.32 Å². The van der Waals surface area contributed by atoms with E-state index in [9.17, 15) is 4.39 Å². The van der Waals surface area contributed by atoms with Crippen LogP contribution in [0.15, 0.2) is 53.5 Å². The fourth-order valence-corrected chi connectivity index (χ4v) is 2.61. The van der Waals surface area contributed by atoms with E-state index >= 15 is 0 Å². The first-order valence-corrected chi connectivity index (χ1v) is 8.57. The van der Waals surface area contributed by atoms with Gasteiger partial charge in [0.15, 0.2) is 11.5 Å². The van der Waals surface area contributed by atoms with Gasteiger partial charge >= 0.3 is 0 Å². The molecule has 0 spiro atoms. The standard InChI is InChI=1S/C19H21BrFNO2/c1-3-9-22-12-15-10-18(23-4-2)19(11-17(15)20)24-13-14-5-7-16(21)8-6-14/h3,5-8,10-11,22H,1,4,9,12-13H2,2H3. The van der Waals surface area contributed by atoms with Crippen LogP contribution >= 0.6 is 15.9 Å². The first-order chi connectivity index (χ1) is 11.6. The third-order valence-electron chi connectivity index (χ3n) is 3.32. The fraction of sp³-hybridized carbons (Fsp3) is 0.263. The average Bonchev–Trinajstić information content (AvgIpc) is 2.58. The zero-order valence-corrected chi connectivity index (χ0v) is 15.2. The Kier molecular flexibility index (Phi) is 7.28. The molecule has 128 valence electrons. The zero-order chi connectivity index (χ0) is 17.4. The van der Waals surface area contributed by atoms with Crippen LogP contribution in [0.5, 0.6) is 11.5 Å². The van der Waals surface area contributed by atoms with Crippen LogP contribution in [0.1, 0.15) is 18.1 Å². The maximum Gasteiger partial charge on any atom is 0.162 e. The summed E-state index contributed by atoms with van der Waals surface area (Å²) >= 11 is 3.57. The van der Waals surface area contributed by atoms with Gasteiger partial charge < -0.3 is 14.8 Å². The maximum absolute atomic E-state index is 13.0. The number of nitrogens with one attached hydrogen (secondary N) is 1. The van der Waals surface area contributed by atoms with E-state index in [0.29, 0.717) is 31.3 Å². The van der Waals surface area contributed by atoms with E-state index < -0.39 is 0 Å². The predicted octanol–water partition coefficient (Wildman–Crippen LogP) is 4.84. The molecule has 2 aromatic rings. The van der Waals surface area contributed by atoms with Crippen molar-refractivity contribution in [2.24, 2.45) is 0 Å². The lowest BCUT2D eigenvalue weighted by Crippen LogP contribution is -2.13. The van der Waals surface area contributed by atoms with Crippen LogP contribution in [0.3, 0.4) is 0 Å². The average molecular weight is 394 g/mol. The summed E-state index contributed by atoms with van der Waals surface area (Å²) in [6.07, 6.45) is 1.82. The van der Waals surface area contributed by atoms with Crippen molar-refractivity contribution in [2.45, 2.75) is 20.1 Å². The molecule has 0 unspecified atom stereocenters. The lowest BCUT2D eigenvalue weighted by Gasteiger charge is -2.15. The summed E-state index contributed by atoms with van der Waals surface area (Å²) in [7, 11) is 0. The highest BCUT2D eigenvalue weighted by molar-refractivity contribution is 9.10. The first kappa shape index (κ1) is 18.5. The second kappa shape index (κ2) is 9.45. The largest absolute Gasteiger partial charge is 0.490 e. The van der Waals surface area contributed by atoms with Crippen LogP contribution in [0.4, 0.5) is 4.39 Å². The van der Waals surface area contributed by atoms with Crippen molar-refractivity contribution in [3.8, 4) is 11.5 Å². The molecule has 0 aliphatic rings. The predicted molar refractivity (Wildman–Crippen MR) is 97.9 cm³/mol. The van der Waals surface area contributed by atoms with E-state index in [4.69, 9.17) is 9.47 Å². The van der Waals surface area contributed by atoms with Gasteiger partial charge in [-0.25, -0.2) is 4.39 Å². The van der Waals surface area contributed by atoms with Gasteiger partial charge in [0.05, 0.1) is 6.61 Å². The summed E-state index contributed by atoms with van der Waals surface area (Å²) in [4.78, 5) is 0. The molecule has 0 atom stereocenters. The van der Waals surface area contributed by atoms with Crippen molar-refractivity contribution in [3.05, 3.63) is 70.5 Å². The Morgan fingerprint density at radius 2 is 1.88 bits per heavy atom. The molecular formula is C19H21BrFNO2. The Hall–Kier alpha value is -1.85. The number of ether oxygens (including phenoxy) is 2. The number of benzene rings is 2. The highest BCUT2D eigenvalue weighted by Gasteiger charge is 2.11. The molecule has 0 aliphatic heterocycles. The van der Waals surface area contributed by atoms with Gasteiger partial charge in [0.25, 0.3) is 0 Å². The molecule has 3 nitrogen and oxygen atoms in total. The van der Waals surface area contributed by atoms with Gasteiger partial charge in [-0.3, -0.25) is 0 Å². The van der Waals surface area contributed by atoms with Crippen LogP contribution in [-0.2, 0) is 13.2 Å². The van der Waals surface area contributed by atoms with E-state index in [-0.39, 0.29) is 5.82 Å². The minimum absolute atomic E-state index is 0.257. The van der Waals surface area contributed by atoms with E-state index in [1.165, 1.54) is 12.1 Å². The number of hydrogen-bond donors (Lipinski definition) is 1. The van der Waals surface area contributed by atoms with E-state index in [1.54, 1.807) is 12.1 Å². The maximum atomic E-state index is 13.0. The molecule has 0 aliphatic carbocycles. The first-order valence-electron chi connectivity index (χ1n) is 7.78. The monoisotopic (exact) mass is 393 g/mol. The quantitative estimate of drug-likeness (QED) is 0.488. The Morgan fingerprint density at radius 1 is 1.17 bits per heavy atom. The van der Waals surface area contributed by atoms with Gasteiger partial charge in [-0.15, -0.1) is 6.58 Å². The molecule has 24 heavy (non-hydrogen) atoms. The minimum atomic E-state index is -0.257. The highest BCUT2D eigenvalue weighted by atomic mass is 79.9.